The number of anilines is 2. The van der Waals surface area contributed by atoms with Crippen molar-refractivity contribution in [2.75, 3.05) is 23.8 Å². The lowest BCUT2D eigenvalue weighted by Gasteiger charge is -2.16. The van der Waals surface area contributed by atoms with Crippen molar-refractivity contribution in [3.05, 3.63) is 78.5 Å². The first-order valence-electron chi connectivity index (χ1n) is 14.9. The summed E-state index contributed by atoms with van der Waals surface area (Å²) in [5.74, 6) is -1.95. The highest BCUT2D eigenvalue weighted by atomic mass is 24.3. The lowest BCUT2D eigenvalue weighted by atomic mass is 10.0. The first-order valence-corrected chi connectivity index (χ1v) is 14.9. The zero-order valence-electron chi connectivity index (χ0n) is 25.1. The molecule has 1 saturated carbocycles. The van der Waals surface area contributed by atoms with E-state index >= 15 is 4.39 Å². The highest BCUT2D eigenvalue weighted by Gasteiger charge is 2.56. The van der Waals surface area contributed by atoms with Crippen molar-refractivity contribution in [2.45, 2.75) is 45.4 Å². The number of unbranched alkanes of at least 4 members (excludes halogenated alkanes) is 2. The van der Waals surface area contributed by atoms with E-state index in [0.29, 0.717) is 79.2 Å². The van der Waals surface area contributed by atoms with Crippen molar-refractivity contribution in [3.63, 3.8) is 0 Å². The molecule has 1 aliphatic carbocycles. The van der Waals surface area contributed by atoms with Crippen LogP contribution in [0.1, 0.15) is 45.4 Å². The predicted molar refractivity (Wildman–Crippen MR) is 175 cm³/mol. The summed E-state index contributed by atoms with van der Waals surface area (Å²) in [7, 11) is 0. The van der Waals surface area contributed by atoms with Gasteiger partial charge >= 0.3 is 29.0 Å². The van der Waals surface area contributed by atoms with Gasteiger partial charge in [-0.25, -0.2) is 8.78 Å². The third-order valence-electron chi connectivity index (χ3n) is 7.49. The number of carbonyl (C=O) groups excluding carboxylic acids is 2. The van der Waals surface area contributed by atoms with E-state index in [-0.39, 0.29) is 40.9 Å². The topological polar surface area (TPSA) is 136 Å². The molecule has 0 unspecified atom stereocenters. The average molecular weight is 660 g/mol. The number of hydrogen-bond acceptors (Lipinski definition) is 7. The van der Waals surface area contributed by atoms with Crippen LogP contribution in [-0.4, -0.2) is 64.1 Å². The predicted octanol–water partition coefficient (Wildman–Crippen LogP) is 6.17. The number of nitrogens with one attached hydrogen (secondary N) is 2. The first-order chi connectivity index (χ1) is 22.2. The minimum Gasteiger partial charge on any atom is -0.490 e. The second-order valence-corrected chi connectivity index (χ2v) is 10.9. The van der Waals surface area contributed by atoms with Gasteiger partial charge in [-0.1, -0.05) is 0 Å². The molecule has 0 spiro atoms. The van der Waals surface area contributed by atoms with Crippen molar-refractivity contribution < 1.29 is 42.5 Å². The maximum Gasteiger partial charge on any atom is 0.316 e. The first kappa shape index (κ1) is 35.4. The smallest absolute Gasteiger partial charge is 0.316 e. The number of ether oxygens (including phenoxy) is 3. The van der Waals surface area contributed by atoms with Crippen LogP contribution < -0.4 is 24.8 Å². The molecule has 10 nitrogen and oxygen atoms in total. The number of aliphatic carboxylic acids is 1. The molecule has 1 heterocycles. The van der Waals surface area contributed by atoms with Gasteiger partial charge in [0.25, 0.3) is 0 Å². The maximum absolute atomic E-state index is 15.2. The molecule has 0 saturated heterocycles. The average Bonchev–Trinajstić information content (AvgIpc) is 3.84. The Morgan fingerprint density at radius 1 is 0.830 bits per heavy atom. The Kier molecular flexibility index (Phi) is 11.9. The standard InChI is InChI=1S/C34H33F2N3O7.Mg.2H/c1-2-44-29-19-24-26(20-30(29)45-17-5-3-4-6-31(40)41)37-16-13-27(24)46-28-12-11-23(18-25(28)36)39-33(43)34(14-15-34)32(42)38-22-9-7-21(35)8-10-22;;;/h7-13,16,18-20H,2-6,14-15,17H2,1H3,(H,38,42)(H,39,43)(H,40,41);;;. The molecule has 244 valence electrons. The van der Waals surface area contributed by atoms with Gasteiger partial charge in [0.05, 0.1) is 18.7 Å². The van der Waals surface area contributed by atoms with Gasteiger partial charge in [0.2, 0.25) is 11.8 Å². The zero-order valence-corrected chi connectivity index (χ0v) is 25.1. The van der Waals surface area contributed by atoms with Crippen LogP contribution in [0.2, 0.25) is 0 Å². The van der Waals surface area contributed by atoms with Crippen molar-refractivity contribution in [3.8, 4) is 23.0 Å². The van der Waals surface area contributed by atoms with Crippen molar-refractivity contribution in [2.24, 2.45) is 5.41 Å². The normalized spacial score (nSPS) is 12.8. The summed E-state index contributed by atoms with van der Waals surface area (Å²) in [4.78, 5) is 41.0. The van der Waals surface area contributed by atoms with Gasteiger partial charge in [0.1, 0.15) is 17.0 Å². The molecule has 0 radical (unpaired) electrons. The number of aromatic nitrogens is 1. The Labute approximate surface area is 286 Å². The van der Waals surface area contributed by atoms with Crippen molar-refractivity contribution in [1.82, 2.24) is 4.98 Å². The van der Waals surface area contributed by atoms with E-state index in [1.54, 1.807) is 18.2 Å². The van der Waals surface area contributed by atoms with Crippen LogP contribution in [0.15, 0.2) is 66.9 Å². The lowest BCUT2D eigenvalue weighted by molar-refractivity contribution is -0.137. The van der Waals surface area contributed by atoms with Gasteiger partial charge in [0.15, 0.2) is 23.1 Å². The fraction of sp³-hybridized carbons (Fsp3) is 0.294. The molecule has 3 aromatic carbocycles. The van der Waals surface area contributed by atoms with E-state index in [1.807, 2.05) is 6.92 Å². The van der Waals surface area contributed by atoms with E-state index in [4.69, 9.17) is 19.3 Å². The Morgan fingerprint density at radius 2 is 1.51 bits per heavy atom. The number of carbonyl (C=O) groups is 3. The van der Waals surface area contributed by atoms with Crippen LogP contribution in [0.4, 0.5) is 20.2 Å². The van der Waals surface area contributed by atoms with Crippen molar-refractivity contribution in [1.29, 1.82) is 0 Å². The van der Waals surface area contributed by atoms with Crippen molar-refractivity contribution >= 4 is 63.1 Å². The highest BCUT2D eigenvalue weighted by Crippen LogP contribution is 2.47. The second-order valence-electron chi connectivity index (χ2n) is 10.9. The number of carboxylic acids is 1. The summed E-state index contributed by atoms with van der Waals surface area (Å²) in [6.45, 7) is 2.57. The van der Waals surface area contributed by atoms with E-state index in [9.17, 15) is 18.8 Å². The molecule has 1 aromatic heterocycles. The van der Waals surface area contributed by atoms with Crippen LogP contribution in [-0.2, 0) is 14.4 Å². The summed E-state index contributed by atoms with van der Waals surface area (Å²) >= 11 is 0. The number of amides is 2. The summed E-state index contributed by atoms with van der Waals surface area (Å²) in [5.41, 5.74) is -0.251. The quantitative estimate of drug-likeness (QED) is 0.0784. The summed E-state index contributed by atoms with van der Waals surface area (Å²) in [5, 5.41) is 14.6. The number of nitrogens with zero attached hydrogens (tertiary/aromatic N) is 1. The molecule has 2 amide bonds. The Morgan fingerprint density at radius 3 is 2.17 bits per heavy atom. The summed E-state index contributed by atoms with van der Waals surface area (Å²) in [6.07, 6.45) is 4.24. The molecule has 1 fully saturated rings. The molecule has 4 aromatic rings. The molecule has 0 bridgehead atoms. The van der Waals surface area contributed by atoms with E-state index in [0.717, 1.165) is 6.07 Å². The lowest BCUT2D eigenvalue weighted by Crippen LogP contribution is -2.35. The minimum atomic E-state index is -1.29. The van der Waals surface area contributed by atoms with Crippen LogP contribution in [0.3, 0.4) is 0 Å². The third-order valence-corrected chi connectivity index (χ3v) is 7.49. The molecule has 5 rings (SSSR count). The Balaban J connectivity index is 0.00000500. The van der Waals surface area contributed by atoms with Crippen LogP contribution >= 0.6 is 0 Å². The largest absolute Gasteiger partial charge is 0.490 e. The summed E-state index contributed by atoms with van der Waals surface area (Å²) in [6, 6.07) is 14.2. The molecule has 13 heteroatoms. The van der Waals surface area contributed by atoms with Gasteiger partial charge in [-0.2, -0.15) is 0 Å². The van der Waals surface area contributed by atoms with Gasteiger partial charge < -0.3 is 30.0 Å². The van der Waals surface area contributed by atoms with Gasteiger partial charge in [-0.15, -0.1) is 0 Å². The number of fused-ring (bicyclic) bond motifs is 1. The Hall–Kier alpha value is -4.49. The van der Waals surface area contributed by atoms with E-state index in [1.165, 1.54) is 42.6 Å². The zero-order chi connectivity index (χ0) is 32.7. The van der Waals surface area contributed by atoms with Crippen LogP contribution in [0, 0.1) is 17.0 Å². The highest BCUT2D eigenvalue weighted by molar-refractivity contribution is 6.16. The number of halogens is 2. The van der Waals surface area contributed by atoms with Crippen LogP contribution in [0.25, 0.3) is 10.9 Å². The molecular weight excluding hydrogens is 625 g/mol. The molecule has 47 heavy (non-hydrogen) atoms. The Bertz CT molecular complexity index is 1750. The molecular formula is C34H35F2MgN3O7. The van der Waals surface area contributed by atoms with Gasteiger partial charge in [0, 0.05) is 41.5 Å². The number of carboxylic acid groups (broad SMARTS) is 1. The monoisotopic (exact) mass is 659 g/mol. The van der Waals surface area contributed by atoms with Gasteiger partial charge in [-0.3, -0.25) is 19.4 Å². The number of hydrogen-bond donors (Lipinski definition) is 3. The fourth-order valence-corrected chi connectivity index (χ4v) is 4.83. The molecule has 0 atom stereocenters. The van der Waals surface area contributed by atoms with Crippen LogP contribution in [0.5, 0.6) is 23.0 Å². The minimum absolute atomic E-state index is 0. The van der Waals surface area contributed by atoms with Gasteiger partial charge in [-0.05, 0) is 87.6 Å². The third kappa shape index (κ3) is 8.86. The molecule has 0 aliphatic heterocycles. The second kappa shape index (κ2) is 15.9. The molecule has 1 aliphatic rings. The summed E-state index contributed by atoms with van der Waals surface area (Å²) < 4.78 is 46.1. The van der Waals surface area contributed by atoms with E-state index < -0.39 is 34.8 Å². The SMILES string of the molecule is CCOc1cc2c(Oc3ccc(NC(=O)C4(C(=O)Nc5ccc(F)cc5)CC4)cc3F)ccnc2cc1OCCCCCC(=O)O.[MgH2]. The van der Waals surface area contributed by atoms with E-state index in [2.05, 4.69) is 15.6 Å². The number of benzene rings is 3. The number of pyridine rings is 1. The maximum atomic E-state index is 15.2. The number of rotatable bonds is 15. The molecule has 3 N–H and O–H groups in total. The fourth-order valence-electron chi connectivity index (χ4n) is 4.83.